The van der Waals surface area contributed by atoms with E-state index in [0.717, 1.165) is 0 Å². The van der Waals surface area contributed by atoms with Gasteiger partial charge in [-0.1, -0.05) is 0 Å². The molecule has 0 aliphatic carbocycles. The molecule has 0 heterocycles. The standard InChI is InChI=1S/C10H6N2O2/c1-14-10(13)7-2-3-8(5-11)9(4-7)6-12/h2-4H,1H3. The van der Waals surface area contributed by atoms with Gasteiger partial charge in [0, 0.05) is 0 Å². The molecule has 0 spiro atoms. The van der Waals surface area contributed by atoms with Gasteiger partial charge in [-0.25, -0.2) is 4.79 Å². The van der Waals surface area contributed by atoms with Gasteiger partial charge in [0.05, 0.1) is 23.8 Å². The van der Waals surface area contributed by atoms with E-state index >= 15 is 0 Å². The van der Waals surface area contributed by atoms with E-state index in [1.807, 2.05) is 12.1 Å². The van der Waals surface area contributed by atoms with Gasteiger partial charge in [-0.3, -0.25) is 0 Å². The van der Waals surface area contributed by atoms with Gasteiger partial charge < -0.3 is 4.74 Å². The zero-order valence-electron chi connectivity index (χ0n) is 7.44. The van der Waals surface area contributed by atoms with E-state index in [1.165, 1.54) is 25.3 Å². The van der Waals surface area contributed by atoms with Crippen LogP contribution in [0.4, 0.5) is 0 Å². The Labute approximate surface area is 81.0 Å². The van der Waals surface area contributed by atoms with Gasteiger partial charge >= 0.3 is 5.97 Å². The molecular weight excluding hydrogens is 180 g/mol. The maximum atomic E-state index is 11.1. The quantitative estimate of drug-likeness (QED) is 0.618. The number of methoxy groups -OCH3 is 1. The molecule has 0 amide bonds. The second-order valence-electron chi connectivity index (χ2n) is 2.48. The van der Waals surface area contributed by atoms with Crippen LogP contribution in [0.25, 0.3) is 0 Å². The van der Waals surface area contributed by atoms with Crippen LogP contribution in [0.3, 0.4) is 0 Å². The highest BCUT2D eigenvalue weighted by Gasteiger charge is 2.08. The first-order valence-corrected chi connectivity index (χ1v) is 3.75. The molecule has 14 heavy (non-hydrogen) atoms. The van der Waals surface area contributed by atoms with E-state index in [9.17, 15) is 4.79 Å². The van der Waals surface area contributed by atoms with Crippen molar-refractivity contribution in [3.8, 4) is 12.1 Å². The van der Waals surface area contributed by atoms with Crippen LogP contribution in [0, 0.1) is 22.7 Å². The Morgan fingerprint density at radius 2 is 1.93 bits per heavy atom. The van der Waals surface area contributed by atoms with Gasteiger partial charge in [-0.15, -0.1) is 0 Å². The molecule has 1 rings (SSSR count). The molecule has 4 nitrogen and oxygen atoms in total. The van der Waals surface area contributed by atoms with Gasteiger partial charge in [0.2, 0.25) is 0 Å². The lowest BCUT2D eigenvalue weighted by atomic mass is 10.1. The first-order chi connectivity index (χ1) is 6.72. The number of rotatable bonds is 1. The molecule has 1 aromatic rings. The summed E-state index contributed by atoms with van der Waals surface area (Å²) in [6.07, 6.45) is 0. The second-order valence-corrected chi connectivity index (χ2v) is 2.48. The normalized spacial score (nSPS) is 8.50. The Bertz CT molecular complexity index is 452. The first-order valence-electron chi connectivity index (χ1n) is 3.75. The molecule has 0 aliphatic heterocycles. The van der Waals surface area contributed by atoms with Gasteiger partial charge in [-0.2, -0.15) is 10.5 Å². The van der Waals surface area contributed by atoms with Crippen LogP contribution in [0.1, 0.15) is 21.5 Å². The van der Waals surface area contributed by atoms with E-state index in [0.29, 0.717) is 0 Å². The molecule has 0 fully saturated rings. The van der Waals surface area contributed by atoms with Crippen molar-refractivity contribution in [3.63, 3.8) is 0 Å². The minimum Gasteiger partial charge on any atom is -0.465 e. The highest BCUT2D eigenvalue weighted by Crippen LogP contribution is 2.10. The summed E-state index contributed by atoms with van der Waals surface area (Å²) in [5.41, 5.74) is 0.693. The average molecular weight is 186 g/mol. The Morgan fingerprint density at radius 1 is 1.29 bits per heavy atom. The van der Waals surface area contributed by atoms with Crippen molar-refractivity contribution in [1.82, 2.24) is 0 Å². The third-order valence-corrected chi connectivity index (χ3v) is 1.68. The van der Waals surface area contributed by atoms with E-state index in [4.69, 9.17) is 10.5 Å². The molecule has 68 valence electrons. The fourth-order valence-electron chi connectivity index (χ4n) is 0.979. The number of hydrogen-bond acceptors (Lipinski definition) is 4. The third-order valence-electron chi connectivity index (χ3n) is 1.68. The molecule has 0 radical (unpaired) electrons. The minimum atomic E-state index is -0.522. The maximum Gasteiger partial charge on any atom is 0.337 e. The summed E-state index contributed by atoms with van der Waals surface area (Å²) < 4.78 is 4.48. The van der Waals surface area contributed by atoms with Gasteiger partial charge in [0.15, 0.2) is 0 Å². The number of nitrogens with zero attached hydrogens (tertiary/aromatic N) is 2. The lowest BCUT2D eigenvalue weighted by Crippen LogP contribution is -2.01. The summed E-state index contributed by atoms with van der Waals surface area (Å²) in [5, 5.41) is 17.3. The van der Waals surface area contributed by atoms with Crippen LogP contribution in [-0.2, 0) is 4.74 Å². The predicted octanol–water partition coefficient (Wildman–Crippen LogP) is 1.22. The van der Waals surface area contributed by atoms with Crippen LogP contribution < -0.4 is 0 Å². The van der Waals surface area contributed by atoms with Crippen molar-refractivity contribution in [1.29, 1.82) is 10.5 Å². The Balaban J connectivity index is 3.24. The lowest BCUT2D eigenvalue weighted by Gasteiger charge is -1.99. The fourth-order valence-corrected chi connectivity index (χ4v) is 0.979. The molecule has 0 bridgehead atoms. The van der Waals surface area contributed by atoms with Crippen LogP contribution in [0.5, 0.6) is 0 Å². The van der Waals surface area contributed by atoms with Crippen LogP contribution in [-0.4, -0.2) is 13.1 Å². The predicted molar refractivity (Wildman–Crippen MR) is 47.2 cm³/mol. The summed E-state index contributed by atoms with van der Waals surface area (Å²) in [7, 11) is 1.26. The van der Waals surface area contributed by atoms with Crippen LogP contribution in [0.2, 0.25) is 0 Å². The van der Waals surface area contributed by atoms with Crippen LogP contribution in [0.15, 0.2) is 18.2 Å². The molecular formula is C10H6N2O2. The summed E-state index contributed by atoms with van der Waals surface area (Å²) in [6, 6.07) is 7.90. The summed E-state index contributed by atoms with van der Waals surface area (Å²) >= 11 is 0. The van der Waals surface area contributed by atoms with Crippen molar-refractivity contribution in [3.05, 3.63) is 34.9 Å². The molecule has 4 heteroatoms. The fraction of sp³-hybridized carbons (Fsp3) is 0.100. The Kier molecular flexibility index (Phi) is 2.83. The Morgan fingerprint density at radius 3 is 2.43 bits per heavy atom. The smallest absolute Gasteiger partial charge is 0.337 e. The van der Waals surface area contributed by atoms with Gasteiger partial charge in [-0.05, 0) is 18.2 Å². The number of benzene rings is 1. The largest absolute Gasteiger partial charge is 0.465 e. The number of carbonyl (C=O) groups excluding carboxylic acids is 1. The van der Waals surface area contributed by atoms with E-state index in [1.54, 1.807) is 0 Å². The minimum absolute atomic E-state index is 0.176. The highest BCUT2D eigenvalue weighted by molar-refractivity contribution is 5.90. The van der Waals surface area contributed by atoms with Crippen molar-refractivity contribution >= 4 is 5.97 Å². The van der Waals surface area contributed by atoms with E-state index < -0.39 is 5.97 Å². The highest BCUT2D eigenvalue weighted by atomic mass is 16.5. The number of hydrogen-bond donors (Lipinski definition) is 0. The van der Waals surface area contributed by atoms with E-state index in [-0.39, 0.29) is 16.7 Å². The summed E-state index contributed by atoms with van der Waals surface area (Å²) in [4.78, 5) is 11.1. The van der Waals surface area contributed by atoms with Gasteiger partial charge in [0.25, 0.3) is 0 Å². The zero-order valence-corrected chi connectivity index (χ0v) is 7.44. The van der Waals surface area contributed by atoms with Crippen molar-refractivity contribution in [2.24, 2.45) is 0 Å². The lowest BCUT2D eigenvalue weighted by molar-refractivity contribution is 0.0600. The van der Waals surface area contributed by atoms with Crippen molar-refractivity contribution in [2.75, 3.05) is 7.11 Å². The number of esters is 1. The topological polar surface area (TPSA) is 73.9 Å². The molecule has 0 saturated heterocycles. The van der Waals surface area contributed by atoms with Crippen molar-refractivity contribution < 1.29 is 9.53 Å². The third kappa shape index (κ3) is 1.70. The molecule has 0 saturated carbocycles. The zero-order chi connectivity index (χ0) is 10.6. The average Bonchev–Trinajstić information content (AvgIpc) is 2.26. The Hall–Kier alpha value is -2.33. The molecule has 0 aliphatic rings. The molecule has 0 aromatic heterocycles. The maximum absolute atomic E-state index is 11.1. The second kappa shape index (κ2) is 4.06. The van der Waals surface area contributed by atoms with E-state index in [2.05, 4.69) is 4.74 Å². The monoisotopic (exact) mass is 186 g/mol. The molecule has 0 atom stereocenters. The number of ether oxygens (including phenoxy) is 1. The molecule has 0 N–H and O–H groups in total. The summed E-state index contributed by atoms with van der Waals surface area (Å²) in [5.74, 6) is -0.522. The molecule has 1 aromatic carbocycles. The summed E-state index contributed by atoms with van der Waals surface area (Å²) in [6.45, 7) is 0. The van der Waals surface area contributed by atoms with Crippen molar-refractivity contribution in [2.45, 2.75) is 0 Å². The molecule has 0 unspecified atom stereocenters. The SMILES string of the molecule is COC(=O)c1ccc(C#N)c(C#N)c1. The first kappa shape index (κ1) is 9.76. The van der Waals surface area contributed by atoms with Crippen LogP contribution >= 0.6 is 0 Å². The number of carbonyl (C=O) groups is 1. The number of nitriles is 2. The van der Waals surface area contributed by atoms with Gasteiger partial charge in [0.1, 0.15) is 12.1 Å².